The molecule has 1 aliphatic heterocycles. The molecule has 1 aliphatic rings. The standard InChI is InChI=1S/C19H18N2O4/c1-11-18(14-5-4-13(23-2)8-15(14)21-11)19(22)20-9-12-3-6-16-17(7-12)25-10-24-16/h3-8,21H,9-10H2,1-2H3,(H,20,22). The van der Waals surface area contributed by atoms with Crippen LogP contribution in [0.15, 0.2) is 36.4 Å². The van der Waals surface area contributed by atoms with Crippen LogP contribution in [0.3, 0.4) is 0 Å². The van der Waals surface area contributed by atoms with Crippen LogP contribution in [0.4, 0.5) is 0 Å². The maximum Gasteiger partial charge on any atom is 0.253 e. The molecule has 2 N–H and O–H groups in total. The van der Waals surface area contributed by atoms with Crippen LogP contribution in [0.5, 0.6) is 17.2 Å². The van der Waals surface area contributed by atoms with Crippen molar-refractivity contribution < 1.29 is 19.0 Å². The second-order valence-corrected chi connectivity index (χ2v) is 5.91. The van der Waals surface area contributed by atoms with E-state index in [1.807, 2.05) is 43.3 Å². The van der Waals surface area contributed by atoms with Gasteiger partial charge in [-0.3, -0.25) is 4.79 Å². The Kier molecular flexibility index (Phi) is 3.72. The molecule has 2 aromatic carbocycles. The molecule has 6 nitrogen and oxygen atoms in total. The Morgan fingerprint density at radius 3 is 2.88 bits per heavy atom. The van der Waals surface area contributed by atoms with E-state index in [4.69, 9.17) is 14.2 Å². The van der Waals surface area contributed by atoms with Gasteiger partial charge in [-0.05, 0) is 36.8 Å². The van der Waals surface area contributed by atoms with Crippen LogP contribution in [-0.2, 0) is 6.54 Å². The zero-order chi connectivity index (χ0) is 17.4. The van der Waals surface area contributed by atoms with E-state index in [2.05, 4.69) is 10.3 Å². The van der Waals surface area contributed by atoms with Gasteiger partial charge in [-0.1, -0.05) is 6.07 Å². The van der Waals surface area contributed by atoms with Gasteiger partial charge in [-0.2, -0.15) is 0 Å². The topological polar surface area (TPSA) is 72.6 Å². The van der Waals surface area contributed by atoms with Crippen molar-refractivity contribution in [1.82, 2.24) is 10.3 Å². The largest absolute Gasteiger partial charge is 0.497 e. The van der Waals surface area contributed by atoms with Crippen LogP contribution < -0.4 is 19.5 Å². The van der Waals surface area contributed by atoms with Crippen molar-refractivity contribution in [3.8, 4) is 17.2 Å². The SMILES string of the molecule is COc1ccc2c(C(=O)NCc3ccc4c(c3)OCO4)c(C)[nH]c2c1. The second-order valence-electron chi connectivity index (χ2n) is 5.91. The zero-order valence-corrected chi connectivity index (χ0v) is 14.0. The minimum absolute atomic E-state index is 0.119. The summed E-state index contributed by atoms with van der Waals surface area (Å²) in [5.74, 6) is 2.08. The normalized spacial score (nSPS) is 12.4. The lowest BCUT2D eigenvalue weighted by atomic mass is 10.1. The zero-order valence-electron chi connectivity index (χ0n) is 14.0. The van der Waals surface area contributed by atoms with Gasteiger partial charge in [0.15, 0.2) is 11.5 Å². The van der Waals surface area contributed by atoms with Crippen molar-refractivity contribution in [1.29, 1.82) is 0 Å². The van der Waals surface area contributed by atoms with Gasteiger partial charge in [0.1, 0.15) is 5.75 Å². The number of hydrogen-bond acceptors (Lipinski definition) is 4. The number of aromatic nitrogens is 1. The number of carbonyl (C=O) groups is 1. The molecule has 128 valence electrons. The van der Waals surface area contributed by atoms with Crippen molar-refractivity contribution in [2.75, 3.05) is 13.9 Å². The Balaban J connectivity index is 1.55. The minimum atomic E-state index is -0.119. The molecular formula is C19H18N2O4. The molecular weight excluding hydrogens is 320 g/mol. The first-order chi connectivity index (χ1) is 12.2. The molecule has 0 atom stereocenters. The van der Waals surface area contributed by atoms with E-state index in [9.17, 15) is 4.79 Å². The maximum atomic E-state index is 12.7. The van der Waals surface area contributed by atoms with Crippen molar-refractivity contribution in [2.24, 2.45) is 0 Å². The van der Waals surface area contributed by atoms with Gasteiger partial charge >= 0.3 is 0 Å². The number of aryl methyl sites for hydroxylation is 1. The predicted molar refractivity (Wildman–Crippen MR) is 93.3 cm³/mol. The quantitative estimate of drug-likeness (QED) is 0.766. The van der Waals surface area contributed by atoms with Crippen LogP contribution in [0.25, 0.3) is 10.9 Å². The Morgan fingerprint density at radius 1 is 1.20 bits per heavy atom. The second kappa shape index (κ2) is 6.05. The number of carbonyl (C=O) groups excluding carboxylic acids is 1. The number of H-pyrrole nitrogens is 1. The molecule has 0 saturated heterocycles. The number of fused-ring (bicyclic) bond motifs is 2. The highest BCUT2D eigenvalue weighted by Crippen LogP contribution is 2.32. The lowest BCUT2D eigenvalue weighted by Gasteiger charge is -2.07. The van der Waals surface area contributed by atoms with E-state index in [1.165, 1.54) is 0 Å². The summed E-state index contributed by atoms with van der Waals surface area (Å²) in [5.41, 5.74) is 3.31. The van der Waals surface area contributed by atoms with Crippen LogP contribution in [0.1, 0.15) is 21.6 Å². The number of ether oxygens (including phenoxy) is 3. The molecule has 6 heteroatoms. The van der Waals surface area contributed by atoms with E-state index in [1.54, 1.807) is 7.11 Å². The summed E-state index contributed by atoms with van der Waals surface area (Å²) in [5, 5.41) is 3.84. The van der Waals surface area contributed by atoms with Crippen molar-refractivity contribution in [2.45, 2.75) is 13.5 Å². The van der Waals surface area contributed by atoms with Gasteiger partial charge in [0.25, 0.3) is 5.91 Å². The number of aromatic amines is 1. The summed E-state index contributed by atoms with van der Waals surface area (Å²) in [6.45, 7) is 2.54. The summed E-state index contributed by atoms with van der Waals surface area (Å²) < 4.78 is 15.9. The average Bonchev–Trinajstić information content (AvgIpc) is 3.21. The highest BCUT2D eigenvalue weighted by Gasteiger charge is 2.17. The lowest BCUT2D eigenvalue weighted by molar-refractivity contribution is 0.0952. The third kappa shape index (κ3) is 2.76. The number of nitrogens with one attached hydrogen (secondary N) is 2. The van der Waals surface area contributed by atoms with Crippen LogP contribution in [0.2, 0.25) is 0 Å². The van der Waals surface area contributed by atoms with Gasteiger partial charge in [0.05, 0.1) is 18.2 Å². The summed E-state index contributed by atoms with van der Waals surface area (Å²) in [7, 11) is 1.62. The Bertz CT molecular complexity index is 961. The summed E-state index contributed by atoms with van der Waals surface area (Å²) in [6.07, 6.45) is 0. The van der Waals surface area contributed by atoms with Crippen LogP contribution in [-0.4, -0.2) is 24.8 Å². The number of rotatable bonds is 4. The number of methoxy groups -OCH3 is 1. The Morgan fingerprint density at radius 2 is 2.04 bits per heavy atom. The monoisotopic (exact) mass is 338 g/mol. The molecule has 4 rings (SSSR count). The van der Waals surface area contributed by atoms with Crippen molar-refractivity contribution >= 4 is 16.8 Å². The van der Waals surface area contributed by atoms with Crippen molar-refractivity contribution in [3.05, 3.63) is 53.2 Å². The molecule has 0 bridgehead atoms. The first kappa shape index (κ1) is 15.4. The third-order valence-corrected chi connectivity index (χ3v) is 4.31. The first-order valence-corrected chi connectivity index (χ1v) is 7.99. The van der Waals surface area contributed by atoms with E-state index in [-0.39, 0.29) is 12.7 Å². The average molecular weight is 338 g/mol. The van der Waals surface area contributed by atoms with E-state index in [0.717, 1.165) is 33.7 Å². The molecule has 0 radical (unpaired) electrons. The molecule has 25 heavy (non-hydrogen) atoms. The van der Waals surface area contributed by atoms with Crippen LogP contribution in [0, 0.1) is 6.92 Å². The third-order valence-electron chi connectivity index (χ3n) is 4.31. The fourth-order valence-electron chi connectivity index (χ4n) is 3.05. The predicted octanol–water partition coefficient (Wildman–Crippen LogP) is 3.14. The van der Waals surface area contributed by atoms with E-state index >= 15 is 0 Å². The summed E-state index contributed by atoms with van der Waals surface area (Å²) in [4.78, 5) is 15.9. The van der Waals surface area contributed by atoms with Gasteiger partial charge < -0.3 is 24.5 Å². The van der Waals surface area contributed by atoms with Gasteiger partial charge in [-0.25, -0.2) is 0 Å². The van der Waals surface area contributed by atoms with E-state index < -0.39 is 0 Å². The number of benzene rings is 2. The number of amides is 1. The molecule has 0 aliphatic carbocycles. The first-order valence-electron chi connectivity index (χ1n) is 7.99. The maximum absolute atomic E-state index is 12.7. The van der Waals surface area contributed by atoms with Gasteiger partial charge in [0, 0.05) is 23.7 Å². The fraction of sp³-hybridized carbons (Fsp3) is 0.211. The van der Waals surface area contributed by atoms with E-state index in [0.29, 0.717) is 17.9 Å². The molecule has 0 unspecified atom stereocenters. The summed E-state index contributed by atoms with van der Waals surface area (Å²) >= 11 is 0. The van der Waals surface area contributed by atoms with Gasteiger partial charge in [0.2, 0.25) is 6.79 Å². The van der Waals surface area contributed by atoms with Crippen LogP contribution >= 0.6 is 0 Å². The highest BCUT2D eigenvalue weighted by atomic mass is 16.7. The van der Waals surface area contributed by atoms with Crippen molar-refractivity contribution in [3.63, 3.8) is 0 Å². The lowest BCUT2D eigenvalue weighted by Crippen LogP contribution is -2.23. The molecule has 1 amide bonds. The molecule has 0 spiro atoms. The smallest absolute Gasteiger partial charge is 0.253 e. The fourth-order valence-corrected chi connectivity index (χ4v) is 3.05. The number of hydrogen-bond donors (Lipinski definition) is 2. The molecule has 1 aromatic heterocycles. The molecule has 0 fully saturated rings. The van der Waals surface area contributed by atoms with Gasteiger partial charge in [-0.15, -0.1) is 0 Å². The molecule has 2 heterocycles. The minimum Gasteiger partial charge on any atom is -0.497 e. The molecule has 0 saturated carbocycles. The molecule has 3 aromatic rings. The summed E-state index contributed by atoms with van der Waals surface area (Å²) in [6, 6.07) is 11.3. The Labute approximate surface area is 144 Å². The highest BCUT2D eigenvalue weighted by molar-refractivity contribution is 6.08. The Hall–Kier alpha value is -3.15.